The zero-order valence-corrected chi connectivity index (χ0v) is 18.3. The van der Waals surface area contributed by atoms with E-state index in [4.69, 9.17) is 0 Å². The van der Waals surface area contributed by atoms with Crippen molar-refractivity contribution in [3.05, 3.63) is 59.4 Å². The summed E-state index contributed by atoms with van der Waals surface area (Å²) in [4.78, 5) is 28.4. The Morgan fingerprint density at radius 2 is 1.70 bits per heavy atom. The second-order valence-corrected chi connectivity index (χ2v) is 7.72. The number of nitrogens with zero attached hydrogens (tertiary/aromatic N) is 2. The van der Waals surface area contributed by atoms with Gasteiger partial charge in [-0.25, -0.2) is 9.18 Å². The van der Waals surface area contributed by atoms with Gasteiger partial charge in [-0.05, 0) is 55.3 Å². The second kappa shape index (κ2) is 10.6. The van der Waals surface area contributed by atoms with E-state index in [0.29, 0.717) is 25.2 Å². The van der Waals surface area contributed by atoms with Gasteiger partial charge in [-0.2, -0.15) is 0 Å². The van der Waals surface area contributed by atoms with Crippen LogP contribution in [0.2, 0.25) is 0 Å². The third kappa shape index (κ3) is 6.76. The Bertz CT molecular complexity index is 866. The number of rotatable bonds is 8. The lowest BCUT2D eigenvalue weighted by atomic mass is 10.1. The first-order chi connectivity index (χ1) is 14.2. The molecule has 0 atom stereocenters. The molecule has 2 aromatic carbocycles. The Kier molecular flexibility index (Phi) is 8.21. The first-order valence-electron chi connectivity index (χ1n) is 10.1. The topological polar surface area (TPSA) is 64.7 Å². The Balaban J connectivity index is 2.29. The van der Waals surface area contributed by atoms with E-state index in [9.17, 15) is 14.0 Å². The van der Waals surface area contributed by atoms with E-state index in [1.165, 1.54) is 12.1 Å². The van der Waals surface area contributed by atoms with Crippen LogP contribution in [0.4, 0.5) is 20.6 Å². The molecule has 3 amide bonds. The number of benzene rings is 2. The minimum atomic E-state index is -0.305. The number of halogens is 1. The standard InChI is InChI=1S/C23H31FN4O2/c1-6-22(29)28(14-17-7-9-19(24)10-8-17)15-18-13-20(11-12-21(18)27(4)5)26-23(30)25-16(2)3/h7-13,16H,6,14-15H2,1-5H3,(H2,25,26,30). The summed E-state index contributed by atoms with van der Waals surface area (Å²) in [6.45, 7) is 6.36. The number of anilines is 2. The summed E-state index contributed by atoms with van der Waals surface area (Å²) < 4.78 is 13.2. The van der Waals surface area contributed by atoms with E-state index in [1.54, 1.807) is 17.0 Å². The number of hydrogen-bond donors (Lipinski definition) is 2. The molecule has 6 nitrogen and oxygen atoms in total. The van der Waals surface area contributed by atoms with Crippen molar-refractivity contribution in [2.75, 3.05) is 24.3 Å². The van der Waals surface area contributed by atoms with Crippen LogP contribution in [0.5, 0.6) is 0 Å². The molecule has 0 aliphatic carbocycles. The van der Waals surface area contributed by atoms with Crippen LogP contribution in [0.3, 0.4) is 0 Å². The van der Waals surface area contributed by atoms with Crippen LogP contribution in [0.1, 0.15) is 38.3 Å². The predicted molar refractivity (Wildman–Crippen MR) is 119 cm³/mol. The molecule has 162 valence electrons. The molecule has 0 unspecified atom stereocenters. The number of nitrogens with one attached hydrogen (secondary N) is 2. The SMILES string of the molecule is CCC(=O)N(Cc1ccc(F)cc1)Cc1cc(NC(=O)NC(C)C)ccc1N(C)C. The minimum absolute atomic E-state index is 0.0000517. The van der Waals surface area contributed by atoms with Crippen molar-refractivity contribution in [2.24, 2.45) is 0 Å². The van der Waals surface area contributed by atoms with Gasteiger partial charge < -0.3 is 20.4 Å². The molecule has 0 fully saturated rings. The van der Waals surface area contributed by atoms with Crippen molar-refractivity contribution in [3.8, 4) is 0 Å². The van der Waals surface area contributed by atoms with E-state index in [1.807, 2.05) is 58.0 Å². The van der Waals surface area contributed by atoms with Crippen LogP contribution in [-0.2, 0) is 17.9 Å². The van der Waals surface area contributed by atoms with E-state index < -0.39 is 0 Å². The highest BCUT2D eigenvalue weighted by Gasteiger charge is 2.17. The van der Waals surface area contributed by atoms with Gasteiger partial charge in [-0.3, -0.25) is 4.79 Å². The van der Waals surface area contributed by atoms with E-state index >= 15 is 0 Å². The summed E-state index contributed by atoms with van der Waals surface area (Å²) >= 11 is 0. The lowest BCUT2D eigenvalue weighted by molar-refractivity contribution is -0.132. The van der Waals surface area contributed by atoms with Gasteiger partial charge in [0.1, 0.15) is 5.82 Å². The first kappa shape index (κ1) is 23.2. The van der Waals surface area contributed by atoms with Gasteiger partial charge in [0.2, 0.25) is 5.91 Å². The smallest absolute Gasteiger partial charge is 0.319 e. The van der Waals surface area contributed by atoms with Crippen LogP contribution >= 0.6 is 0 Å². The number of amides is 3. The quantitative estimate of drug-likeness (QED) is 0.675. The molecule has 0 saturated carbocycles. The summed E-state index contributed by atoms with van der Waals surface area (Å²) in [5.41, 5.74) is 3.37. The Hall–Kier alpha value is -3.09. The average molecular weight is 415 g/mol. The zero-order valence-electron chi connectivity index (χ0n) is 18.3. The molecule has 0 bridgehead atoms. The highest BCUT2D eigenvalue weighted by Crippen LogP contribution is 2.25. The molecule has 2 aromatic rings. The Morgan fingerprint density at radius 3 is 2.27 bits per heavy atom. The normalized spacial score (nSPS) is 10.6. The van der Waals surface area contributed by atoms with Crippen molar-refractivity contribution in [1.29, 1.82) is 0 Å². The fourth-order valence-corrected chi connectivity index (χ4v) is 3.13. The molecule has 0 spiro atoms. The van der Waals surface area contributed by atoms with Crippen LogP contribution in [-0.4, -0.2) is 37.0 Å². The summed E-state index contributed by atoms with van der Waals surface area (Å²) in [6.07, 6.45) is 0.368. The molecule has 0 radical (unpaired) electrons. The molecule has 0 aliphatic rings. The van der Waals surface area contributed by atoms with E-state index in [-0.39, 0.29) is 23.8 Å². The molecule has 0 aromatic heterocycles. The highest BCUT2D eigenvalue weighted by atomic mass is 19.1. The summed E-state index contributed by atoms with van der Waals surface area (Å²) in [6, 6.07) is 11.6. The fraction of sp³-hybridized carbons (Fsp3) is 0.391. The second-order valence-electron chi connectivity index (χ2n) is 7.72. The number of hydrogen-bond acceptors (Lipinski definition) is 3. The fourth-order valence-electron chi connectivity index (χ4n) is 3.13. The summed E-state index contributed by atoms with van der Waals surface area (Å²) in [7, 11) is 3.87. The molecular formula is C23H31FN4O2. The molecule has 30 heavy (non-hydrogen) atoms. The van der Waals surface area contributed by atoms with Crippen molar-refractivity contribution in [1.82, 2.24) is 10.2 Å². The average Bonchev–Trinajstić information content (AvgIpc) is 2.67. The Morgan fingerprint density at radius 1 is 1.03 bits per heavy atom. The maximum Gasteiger partial charge on any atom is 0.319 e. The molecule has 2 N–H and O–H groups in total. The molecular weight excluding hydrogens is 383 g/mol. The maximum absolute atomic E-state index is 13.2. The van der Waals surface area contributed by atoms with Gasteiger partial charge in [0.15, 0.2) is 0 Å². The third-order valence-electron chi connectivity index (χ3n) is 4.54. The van der Waals surface area contributed by atoms with Gasteiger partial charge in [0.25, 0.3) is 0 Å². The van der Waals surface area contributed by atoms with Gasteiger partial charge in [0.05, 0.1) is 0 Å². The van der Waals surface area contributed by atoms with Crippen molar-refractivity contribution < 1.29 is 14.0 Å². The van der Waals surface area contributed by atoms with Gasteiger partial charge in [-0.1, -0.05) is 19.1 Å². The molecule has 0 heterocycles. The van der Waals surface area contributed by atoms with Crippen molar-refractivity contribution in [3.63, 3.8) is 0 Å². The minimum Gasteiger partial charge on any atom is -0.377 e. The van der Waals surface area contributed by atoms with Gasteiger partial charge >= 0.3 is 6.03 Å². The lowest BCUT2D eigenvalue weighted by Gasteiger charge is -2.26. The maximum atomic E-state index is 13.2. The van der Waals surface area contributed by atoms with Crippen LogP contribution < -0.4 is 15.5 Å². The van der Waals surface area contributed by atoms with E-state index in [2.05, 4.69) is 10.6 Å². The predicted octanol–water partition coefficient (Wildman–Crippen LogP) is 4.36. The van der Waals surface area contributed by atoms with Gasteiger partial charge in [-0.15, -0.1) is 0 Å². The number of urea groups is 1. The zero-order chi connectivity index (χ0) is 22.3. The molecule has 0 aliphatic heterocycles. The third-order valence-corrected chi connectivity index (χ3v) is 4.54. The van der Waals surface area contributed by atoms with Crippen molar-refractivity contribution in [2.45, 2.75) is 46.3 Å². The summed E-state index contributed by atoms with van der Waals surface area (Å²) in [5, 5.41) is 5.64. The largest absolute Gasteiger partial charge is 0.377 e. The monoisotopic (exact) mass is 414 g/mol. The van der Waals surface area contributed by atoms with Gasteiger partial charge in [0, 0.05) is 51.0 Å². The Labute approximate surface area is 178 Å². The van der Waals surface area contributed by atoms with Crippen LogP contribution in [0.15, 0.2) is 42.5 Å². The first-order valence-corrected chi connectivity index (χ1v) is 10.1. The van der Waals surface area contributed by atoms with Crippen LogP contribution in [0, 0.1) is 5.82 Å². The molecule has 7 heteroatoms. The highest BCUT2D eigenvalue weighted by molar-refractivity contribution is 5.90. The van der Waals surface area contributed by atoms with Crippen LogP contribution in [0.25, 0.3) is 0 Å². The number of carbonyl (C=O) groups is 2. The van der Waals surface area contributed by atoms with E-state index in [0.717, 1.165) is 16.8 Å². The molecule has 2 rings (SSSR count). The lowest BCUT2D eigenvalue weighted by Crippen LogP contribution is -2.34. The van der Waals surface area contributed by atoms with Crippen molar-refractivity contribution >= 4 is 23.3 Å². The number of carbonyl (C=O) groups excluding carboxylic acids is 2. The molecule has 0 saturated heterocycles. The summed E-state index contributed by atoms with van der Waals surface area (Å²) in [5.74, 6) is -0.305.